The van der Waals surface area contributed by atoms with E-state index in [0.29, 0.717) is 11.5 Å². The normalized spacial score (nSPS) is 15.4. The van der Waals surface area contributed by atoms with Gasteiger partial charge in [0.15, 0.2) is 5.11 Å². The Balaban J connectivity index is 1.61. The van der Waals surface area contributed by atoms with Crippen LogP contribution in [0.25, 0.3) is 0 Å². The molecule has 0 radical (unpaired) electrons. The summed E-state index contributed by atoms with van der Waals surface area (Å²) in [5.74, 6) is 0.185. The van der Waals surface area contributed by atoms with Crippen LogP contribution in [0.3, 0.4) is 0 Å². The van der Waals surface area contributed by atoms with Gasteiger partial charge in [0.25, 0.3) is 0 Å². The molecule has 2 aromatic carbocycles. The van der Waals surface area contributed by atoms with Gasteiger partial charge < -0.3 is 15.5 Å². The van der Waals surface area contributed by atoms with Crippen LogP contribution in [-0.4, -0.2) is 17.6 Å². The molecule has 1 unspecified atom stereocenters. The molecule has 1 aliphatic heterocycles. The summed E-state index contributed by atoms with van der Waals surface area (Å²) in [6, 6.07) is 16.6. The molecule has 5 heteroatoms. The Bertz CT molecular complexity index is 855. The zero-order valence-electron chi connectivity index (χ0n) is 17.1. The summed E-state index contributed by atoms with van der Waals surface area (Å²) in [6.07, 6.45) is 1.55. The van der Waals surface area contributed by atoms with Crippen molar-refractivity contribution in [1.29, 1.82) is 0 Å². The zero-order valence-corrected chi connectivity index (χ0v) is 17.9. The lowest BCUT2D eigenvalue weighted by atomic mass is 9.86. The van der Waals surface area contributed by atoms with Crippen molar-refractivity contribution in [1.82, 2.24) is 5.32 Å². The highest BCUT2D eigenvalue weighted by Crippen LogP contribution is 2.25. The van der Waals surface area contributed by atoms with Gasteiger partial charge in [0.1, 0.15) is 0 Å². The maximum Gasteiger partial charge on any atom is 0.227 e. The quantitative estimate of drug-likeness (QED) is 0.702. The van der Waals surface area contributed by atoms with Crippen LogP contribution in [0.5, 0.6) is 0 Å². The summed E-state index contributed by atoms with van der Waals surface area (Å²) in [5, 5.41) is 7.15. The van der Waals surface area contributed by atoms with Gasteiger partial charge in [0.05, 0.1) is 6.04 Å². The summed E-state index contributed by atoms with van der Waals surface area (Å²) in [6.45, 7) is 9.53. The van der Waals surface area contributed by atoms with Crippen LogP contribution in [0.4, 0.5) is 11.4 Å². The SMILES string of the molecule is CC(NC(=S)Nc1cccc(N2CCCC2=O)c1)c1ccc(C(C)(C)C)cc1. The smallest absolute Gasteiger partial charge is 0.227 e. The fourth-order valence-electron chi connectivity index (χ4n) is 3.39. The highest BCUT2D eigenvalue weighted by molar-refractivity contribution is 7.80. The molecule has 0 bridgehead atoms. The minimum Gasteiger partial charge on any atom is -0.356 e. The third-order valence-corrected chi connectivity index (χ3v) is 5.33. The van der Waals surface area contributed by atoms with Crippen LogP contribution in [0.15, 0.2) is 48.5 Å². The number of carbonyl (C=O) groups excluding carboxylic acids is 1. The summed E-state index contributed by atoms with van der Waals surface area (Å²) in [4.78, 5) is 13.8. The maximum absolute atomic E-state index is 12.0. The first-order chi connectivity index (χ1) is 13.2. The molecule has 1 heterocycles. The molecular weight excluding hydrogens is 366 g/mol. The molecule has 1 amide bonds. The highest BCUT2D eigenvalue weighted by Gasteiger charge is 2.21. The van der Waals surface area contributed by atoms with Crippen LogP contribution in [0.1, 0.15) is 57.7 Å². The summed E-state index contributed by atoms with van der Waals surface area (Å²) < 4.78 is 0. The first kappa shape index (κ1) is 20.3. The second-order valence-corrected chi connectivity index (χ2v) is 8.80. The molecule has 4 nitrogen and oxygen atoms in total. The van der Waals surface area contributed by atoms with E-state index in [4.69, 9.17) is 12.2 Å². The number of anilines is 2. The van der Waals surface area contributed by atoms with E-state index in [2.05, 4.69) is 62.6 Å². The molecule has 0 aromatic heterocycles. The monoisotopic (exact) mass is 395 g/mol. The second kappa shape index (κ2) is 8.31. The molecular formula is C23H29N3OS. The lowest BCUT2D eigenvalue weighted by molar-refractivity contribution is -0.117. The minimum atomic E-state index is 0.0948. The van der Waals surface area contributed by atoms with Gasteiger partial charge in [-0.05, 0) is 60.3 Å². The average Bonchev–Trinajstić information content (AvgIpc) is 3.07. The van der Waals surface area contributed by atoms with Crippen LogP contribution in [-0.2, 0) is 10.2 Å². The number of nitrogens with zero attached hydrogens (tertiary/aromatic N) is 1. The number of thiocarbonyl (C=S) groups is 1. The van der Waals surface area contributed by atoms with E-state index >= 15 is 0 Å². The van der Waals surface area contributed by atoms with Crippen LogP contribution in [0, 0.1) is 0 Å². The fourth-order valence-corrected chi connectivity index (χ4v) is 3.69. The van der Waals surface area contributed by atoms with Gasteiger partial charge in [0, 0.05) is 24.3 Å². The Morgan fingerprint density at radius 1 is 1.14 bits per heavy atom. The molecule has 28 heavy (non-hydrogen) atoms. The van der Waals surface area contributed by atoms with Gasteiger partial charge >= 0.3 is 0 Å². The first-order valence-corrected chi connectivity index (χ1v) is 10.2. The summed E-state index contributed by atoms with van der Waals surface area (Å²) in [7, 11) is 0. The van der Waals surface area contributed by atoms with E-state index in [1.165, 1.54) is 11.1 Å². The number of rotatable bonds is 4. The molecule has 1 aliphatic rings. The molecule has 1 atom stereocenters. The Morgan fingerprint density at radius 2 is 1.86 bits per heavy atom. The van der Waals surface area contributed by atoms with Crippen LogP contribution in [0.2, 0.25) is 0 Å². The third kappa shape index (κ3) is 4.90. The Hall–Kier alpha value is -2.40. The van der Waals surface area contributed by atoms with Crippen molar-refractivity contribution in [3.63, 3.8) is 0 Å². The zero-order chi connectivity index (χ0) is 20.3. The van der Waals surface area contributed by atoms with Crippen molar-refractivity contribution < 1.29 is 4.79 Å². The summed E-state index contributed by atoms with van der Waals surface area (Å²) >= 11 is 5.50. The average molecular weight is 396 g/mol. The van der Waals surface area contributed by atoms with Gasteiger partial charge in [-0.25, -0.2) is 0 Å². The van der Waals surface area contributed by atoms with Gasteiger partial charge in [-0.3, -0.25) is 4.79 Å². The van der Waals surface area contributed by atoms with Gasteiger partial charge in [-0.1, -0.05) is 51.1 Å². The number of amides is 1. The molecule has 0 aliphatic carbocycles. The summed E-state index contributed by atoms with van der Waals surface area (Å²) in [5.41, 5.74) is 4.45. The maximum atomic E-state index is 12.0. The molecule has 1 saturated heterocycles. The van der Waals surface area contributed by atoms with E-state index in [1.807, 2.05) is 29.2 Å². The third-order valence-electron chi connectivity index (χ3n) is 5.11. The largest absolute Gasteiger partial charge is 0.356 e. The van der Waals surface area contributed by atoms with Crippen molar-refractivity contribution in [2.45, 2.75) is 52.0 Å². The van der Waals surface area contributed by atoms with Crippen LogP contribution < -0.4 is 15.5 Å². The van der Waals surface area contributed by atoms with Gasteiger partial charge in [-0.15, -0.1) is 0 Å². The molecule has 0 spiro atoms. The van der Waals surface area contributed by atoms with E-state index in [9.17, 15) is 4.79 Å². The highest BCUT2D eigenvalue weighted by atomic mass is 32.1. The standard InChI is InChI=1S/C23H29N3OS/c1-16(17-10-12-18(13-11-17)23(2,3)4)24-22(28)25-19-7-5-8-20(15-19)26-14-6-9-21(26)27/h5,7-8,10-13,15-16H,6,9,14H2,1-4H3,(H2,24,25,28). The predicted molar refractivity (Wildman–Crippen MR) is 121 cm³/mol. The Kier molecular flexibility index (Phi) is 6.04. The van der Waals surface area contributed by atoms with Crippen LogP contribution >= 0.6 is 12.2 Å². The lowest BCUT2D eigenvalue weighted by Gasteiger charge is -2.22. The first-order valence-electron chi connectivity index (χ1n) is 9.82. The number of hydrogen-bond donors (Lipinski definition) is 2. The second-order valence-electron chi connectivity index (χ2n) is 8.39. The van der Waals surface area contributed by atoms with E-state index < -0.39 is 0 Å². The molecule has 1 fully saturated rings. The van der Waals surface area contributed by atoms with E-state index in [0.717, 1.165) is 24.3 Å². The van der Waals surface area contributed by atoms with Crippen molar-refractivity contribution in [3.05, 3.63) is 59.7 Å². The van der Waals surface area contributed by atoms with Gasteiger partial charge in [-0.2, -0.15) is 0 Å². The van der Waals surface area contributed by atoms with Crippen molar-refractivity contribution in [3.8, 4) is 0 Å². The van der Waals surface area contributed by atoms with Crippen molar-refractivity contribution in [2.75, 3.05) is 16.8 Å². The molecule has 3 rings (SSSR count). The molecule has 2 aromatic rings. The molecule has 2 N–H and O–H groups in total. The fraction of sp³-hybridized carbons (Fsp3) is 0.391. The Labute approximate surface area is 173 Å². The number of nitrogens with one attached hydrogen (secondary N) is 2. The van der Waals surface area contributed by atoms with Gasteiger partial charge in [0.2, 0.25) is 5.91 Å². The van der Waals surface area contributed by atoms with Crippen molar-refractivity contribution >= 4 is 34.6 Å². The minimum absolute atomic E-state index is 0.0948. The number of hydrogen-bond acceptors (Lipinski definition) is 2. The van der Waals surface area contributed by atoms with E-state index in [1.54, 1.807) is 0 Å². The Morgan fingerprint density at radius 3 is 2.46 bits per heavy atom. The lowest BCUT2D eigenvalue weighted by Crippen LogP contribution is -2.31. The topological polar surface area (TPSA) is 44.4 Å². The number of benzene rings is 2. The van der Waals surface area contributed by atoms with Crippen molar-refractivity contribution in [2.24, 2.45) is 0 Å². The molecule has 148 valence electrons. The predicted octanol–water partition coefficient (Wildman–Crippen LogP) is 5.16. The van der Waals surface area contributed by atoms with E-state index in [-0.39, 0.29) is 17.4 Å². The number of carbonyl (C=O) groups is 1. The molecule has 0 saturated carbocycles.